The van der Waals surface area contributed by atoms with E-state index in [-0.39, 0.29) is 0 Å². The Morgan fingerprint density at radius 3 is 1.90 bits per heavy atom. The maximum atomic E-state index is 10.5. The summed E-state index contributed by atoms with van der Waals surface area (Å²) in [7, 11) is 0. The minimum atomic E-state index is -0.451. The summed E-state index contributed by atoms with van der Waals surface area (Å²) in [5, 5.41) is 10.5. The van der Waals surface area contributed by atoms with E-state index in [0.29, 0.717) is 43.0 Å². The van der Waals surface area contributed by atoms with E-state index in [2.05, 4.69) is 0 Å². The molecule has 1 unspecified atom stereocenters. The lowest BCUT2D eigenvalue weighted by Crippen LogP contribution is -2.20. The topological polar surface area (TPSA) is 47.9 Å². The second kappa shape index (κ2) is 7.55. The lowest BCUT2D eigenvalue weighted by atomic mass is 9.79. The Labute approximate surface area is 127 Å². The molecular weight excluding hydrogens is 268 g/mol. The molecule has 1 fully saturated rings. The molecule has 1 aromatic carbocycles. The van der Waals surface area contributed by atoms with E-state index in [0.717, 1.165) is 18.4 Å². The summed E-state index contributed by atoms with van der Waals surface area (Å²) in [5.74, 6) is 2.29. The van der Waals surface area contributed by atoms with Gasteiger partial charge >= 0.3 is 0 Å². The number of aliphatic hydroxyl groups excluding tert-OH is 1. The van der Waals surface area contributed by atoms with Gasteiger partial charge in [-0.1, -0.05) is 6.42 Å². The Kier molecular flexibility index (Phi) is 5.74. The summed E-state index contributed by atoms with van der Waals surface area (Å²) in [5.41, 5.74) is 0.857. The van der Waals surface area contributed by atoms with Crippen LogP contribution in [0.15, 0.2) is 12.1 Å². The first-order valence-electron chi connectivity index (χ1n) is 7.95. The van der Waals surface area contributed by atoms with Crippen molar-refractivity contribution in [3.8, 4) is 17.2 Å². The number of rotatable bonds is 8. The van der Waals surface area contributed by atoms with E-state index < -0.39 is 6.10 Å². The van der Waals surface area contributed by atoms with Crippen molar-refractivity contribution in [2.75, 3.05) is 19.8 Å². The maximum Gasteiger partial charge on any atom is 0.203 e. The van der Waals surface area contributed by atoms with Crippen molar-refractivity contribution in [2.24, 2.45) is 5.92 Å². The van der Waals surface area contributed by atoms with Gasteiger partial charge in [0.25, 0.3) is 0 Å². The largest absolute Gasteiger partial charge is 0.490 e. The molecule has 1 aliphatic rings. The van der Waals surface area contributed by atoms with Gasteiger partial charge in [-0.05, 0) is 57.2 Å². The van der Waals surface area contributed by atoms with Crippen molar-refractivity contribution < 1.29 is 19.3 Å². The van der Waals surface area contributed by atoms with Crippen molar-refractivity contribution in [2.45, 2.75) is 46.1 Å². The molecule has 0 amide bonds. The number of hydrogen-bond acceptors (Lipinski definition) is 4. The fourth-order valence-corrected chi connectivity index (χ4v) is 2.61. The molecule has 2 rings (SSSR count). The van der Waals surface area contributed by atoms with E-state index in [1.807, 2.05) is 32.9 Å². The maximum absolute atomic E-state index is 10.5. The second-order valence-electron chi connectivity index (χ2n) is 5.28. The molecule has 0 radical (unpaired) electrons. The average molecular weight is 294 g/mol. The van der Waals surface area contributed by atoms with Crippen molar-refractivity contribution in [1.82, 2.24) is 0 Å². The zero-order valence-corrected chi connectivity index (χ0v) is 13.2. The second-order valence-corrected chi connectivity index (χ2v) is 5.28. The minimum Gasteiger partial charge on any atom is -0.490 e. The van der Waals surface area contributed by atoms with E-state index in [1.54, 1.807) is 0 Å². The van der Waals surface area contributed by atoms with Crippen LogP contribution >= 0.6 is 0 Å². The van der Waals surface area contributed by atoms with Crippen LogP contribution in [0, 0.1) is 5.92 Å². The molecule has 1 saturated carbocycles. The molecule has 118 valence electrons. The summed E-state index contributed by atoms with van der Waals surface area (Å²) in [6.07, 6.45) is 2.92. The van der Waals surface area contributed by atoms with Gasteiger partial charge in [0.2, 0.25) is 5.75 Å². The molecular formula is C17H26O4. The first kappa shape index (κ1) is 16.0. The number of benzene rings is 1. The molecule has 0 spiro atoms. The van der Waals surface area contributed by atoms with Gasteiger partial charge in [-0.15, -0.1) is 0 Å². The standard InChI is InChI=1S/C17H26O4/c1-4-19-14-10-13(16(18)12-8-7-9-12)11-15(20-5-2)17(14)21-6-3/h10-12,16,18H,4-9H2,1-3H3. The number of ether oxygens (including phenoxy) is 3. The molecule has 0 bridgehead atoms. The van der Waals surface area contributed by atoms with Crippen LogP contribution in [0.4, 0.5) is 0 Å². The van der Waals surface area contributed by atoms with Gasteiger partial charge < -0.3 is 19.3 Å². The highest BCUT2D eigenvalue weighted by Crippen LogP contribution is 2.44. The Bertz CT molecular complexity index is 427. The van der Waals surface area contributed by atoms with Crippen molar-refractivity contribution in [1.29, 1.82) is 0 Å². The summed E-state index contributed by atoms with van der Waals surface area (Å²) in [6, 6.07) is 3.78. The van der Waals surface area contributed by atoms with Crippen LogP contribution in [-0.4, -0.2) is 24.9 Å². The average Bonchev–Trinajstić information content (AvgIpc) is 2.40. The normalized spacial score (nSPS) is 16.2. The lowest BCUT2D eigenvalue weighted by molar-refractivity contribution is 0.0615. The van der Waals surface area contributed by atoms with Crippen LogP contribution in [0.2, 0.25) is 0 Å². The quantitative estimate of drug-likeness (QED) is 0.794. The van der Waals surface area contributed by atoms with E-state index in [1.165, 1.54) is 6.42 Å². The molecule has 0 aliphatic heterocycles. The number of aliphatic hydroxyl groups is 1. The lowest BCUT2D eigenvalue weighted by Gasteiger charge is -2.31. The third-order valence-corrected chi connectivity index (χ3v) is 3.87. The molecule has 4 heteroatoms. The molecule has 0 heterocycles. The van der Waals surface area contributed by atoms with E-state index >= 15 is 0 Å². The van der Waals surface area contributed by atoms with Crippen LogP contribution in [0.1, 0.15) is 51.7 Å². The summed E-state index contributed by atoms with van der Waals surface area (Å²) in [6.45, 7) is 7.45. The predicted molar refractivity (Wildman–Crippen MR) is 82.2 cm³/mol. The van der Waals surface area contributed by atoms with Crippen molar-refractivity contribution >= 4 is 0 Å². The summed E-state index contributed by atoms with van der Waals surface area (Å²) >= 11 is 0. The van der Waals surface area contributed by atoms with E-state index in [9.17, 15) is 5.11 Å². The van der Waals surface area contributed by atoms with Crippen LogP contribution in [-0.2, 0) is 0 Å². The molecule has 1 N–H and O–H groups in total. The molecule has 0 aromatic heterocycles. The van der Waals surface area contributed by atoms with Gasteiger partial charge in [-0.2, -0.15) is 0 Å². The van der Waals surface area contributed by atoms with Crippen LogP contribution in [0.5, 0.6) is 17.2 Å². The first-order chi connectivity index (χ1) is 10.2. The van der Waals surface area contributed by atoms with Crippen molar-refractivity contribution in [3.63, 3.8) is 0 Å². The first-order valence-corrected chi connectivity index (χ1v) is 7.95. The zero-order valence-electron chi connectivity index (χ0n) is 13.2. The minimum absolute atomic E-state index is 0.354. The fourth-order valence-electron chi connectivity index (χ4n) is 2.61. The Hall–Kier alpha value is -1.42. The fraction of sp³-hybridized carbons (Fsp3) is 0.647. The highest BCUT2D eigenvalue weighted by molar-refractivity contribution is 5.54. The Morgan fingerprint density at radius 1 is 1.00 bits per heavy atom. The summed E-state index contributed by atoms with van der Waals surface area (Å²) in [4.78, 5) is 0. The van der Waals surface area contributed by atoms with Gasteiger partial charge in [0.15, 0.2) is 11.5 Å². The van der Waals surface area contributed by atoms with Gasteiger partial charge in [0.05, 0.1) is 25.9 Å². The van der Waals surface area contributed by atoms with Crippen LogP contribution in [0.3, 0.4) is 0 Å². The van der Waals surface area contributed by atoms with E-state index in [4.69, 9.17) is 14.2 Å². The monoisotopic (exact) mass is 294 g/mol. The third-order valence-electron chi connectivity index (χ3n) is 3.87. The molecule has 4 nitrogen and oxygen atoms in total. The molecule has 0 saturated heterocycles. The number of hydrogen-bond donors (Lipinski definition) is 1. The van der Waals surface area contributed by atoms with Gasteiger partial charge in [-0.25, -0.2) is 0 Å². The highest BCUT2D eigenvalue weighted by atomic mass is 16.5. The van der Waals surface area contributed by atoms with Gasteiger partial charge in [-0.3, -0.25) is 0 Å². The molecule has 21 heavy (non-hydrogen) atoms. The molecule has 1 aliphatic carbocycles. The van der Waals surface area contributed by atoms with Crippen LogP contribution in [0.25, 0.3) is 0 Å². The SMILES string of the molecule is CCOc1cc(C(O)C2CCC2)cc(OCC)c1OCC. The van der Waals surface area contributed by atoms with Gasteiger partial charge in [0, 0.05) is 0 Å². The Morgan fingerprint density at radius 2 is 1.52 bits per heavy atom. The highest BCUT2D eigenvalue weighted by Gasteiger charge is 2.28. The van der Waals surface area contributed by atoms with Gasteiger partial charge in [0.1, 0.15) is 0 Å². The predicted octanol–water partition coefficient (Wildman–Crippen LogP) is 3.72. The zero-order chi connectivity index (χ0) is 15.2. The molecule has 1 aromatic rings. The van der Waals surface area contributed by atoms with Crippen molar-refractivity contribution in [3.05, 3.63) is 17.7 Å². The summed E-state index contributed by atoms with van der Waals surface area (Å²) < 4.78 is 17.0. The third kappa shape index (κ3) is 3.62. The molecule has 1 atom stereocenters. The smallest absolute Gasteiger partial charge is 0.203 e. The van der Waals surface area contributed by atoms with Crippen LogP contribution < -0.4 is 14.2 Å². The Balaban J connectivity index is 2.36.